The third-order valence-electron chi connectivity index (χ3n) is 4.24. The van der Waals surface area contributed by atoms with Crippen LogP contribution in [0, 0.1) is 11.3 Å². The first kappa shape index (κ1) is 15.1. The Morgan fingerprint density at radius 1 is 1.32 bits per heavy atom. The van der Waals surface area contributed by atoms with Crippen LogP contribution in [0.2, 0.25) is 0 Å². The number of H-pyrrole nitrogens is 1. The topological polar surface area (TPSA) is 94.9 Å². The van der Waals surface area contributed by atoms with E-state index >= 15 is 0 Å². The van der Waals surface area contributed by atoms with Crippen molar-refractivity contribution in [2.24, 2.45) is 0 Å². The van der Waals surface area contributed by atoms with Crippen LogP contribution in [0.5, 0.6) is 5.88 Å². The monoisotopic (exact) mass is 333 g/mol. The molecule has 0 bridgehead atoms. The lowest BCUT2D eigenvalue weighted by Gasteiger charge is -2.16. The molecule has 1 fully saturated rings. The molecule has 1 aliphatic rings. The second kappa shape index (κ2) is 6.24. The summed E-state index contributed by atoms with van der Waals surface area (Å²) in [6.07, 6.45) is 3.43. The van der Waals surface area contributed by atoms with Crippen LogP contribution in [0.15, 0.2) is 42.7 Å². The lowest BCUT2D eigenvalue weighted by atomic mass is 10.2. The number of nitrogens with zero attached hydrogens (tertiary/aromatic N) is 4. The molecular weight excluding hydrogens is 318 g/mol. The van der Waals surface area contributed by atoms with Crippen LogP contribution in [-0.4, -0.2) is 45.0 Å². The van der Waals surface area contributed by atoms with E-state index < -0.39 is 0 Å². The SMILES string of the molecule is N#Cc1nccnc1OC1CCN(C(=O)c2cc3ccccc3[nH]2)C1. The summed E-state index contributed by atoms with van der Waals surface area (Å²) in [6.45, 7) is 1.05. The van der Waals surface area contributed by atoms with Gasteiger partial charge in [0.05, 0.1) is 6.54 Å². The van der Waals surface area contributed by atoms with E-state index in [-0.39, 0.29) is 23.6 Å². The standard InChI is InChI=1S/C18H15N5O2/c19-10-16-17(21-7-6-20-16)25-13-5-8-23(11-13)18(24)15-9-12-3-1-2-4-14(12)22-15/h1-4,6-7,9,13,22H,5,8,11H2. The van der Waals surface area contributed by atoms with E-state index in [2.05, 4.69) is 15.0 Å². The van der Waals surface area contributed by atoms with Gasteiger partial charge in [0, 0.05) is 36.3 Å². The number of carbonyl (C=O) groups excluding carboxylic acids is 1. The van der Waals surface area contributed by atoms with Crippen molar-refractivity contribution in [3.8, 4) is 11.9 Å². The number of nitrogens with one attached hydrogen (secondary N) is 1. The third kappa shape index (κ3) is 2.90. The van der Waals surface area contributed by atoms with E-state index in [9.17, 15) is 4.79 Å². The fourth-order valence-electron chi connectivity index (χ4n) is 3.01. The zero-order valence-electron chi connectivity index (χ0n) is 13.3. The molecule has 0 radical (unpaired) electrons. The van der Waals surface area contributed by atoms with Crippen LogP contribution in [0.1, 0.15) is 22.6 Å². The zero-order chi connectivity index (χ0) is 17.2. The molecule has 1 aromatic carbocycles. The van der Waals surface area contributed by atoms with E-state index in [1.165, 1.54) is 12.4 Å². The summed E-state index contributed by atoms with van der Waals surface area (Å²) in [7, 11) is 0. The molecule has 1 saturated heterocycles. The fourth-order valence-corrected chi connectivity index (χ4v) is 3.01. The number of hydrogen-bond donors (Lipinski definition) is 1. The summed E-state index contributed by atoms with van der Waals surface area (Å²) in [4.78, 5) is 25.6. The Balaban J connectivity index is 1.46. The minimum absolute atomic E-state index is 0.0537. The molecule has 2 aromatic heterocycles. The highest BCUT2D eigenvalue weighted by Gasteiger charge is 2.30. The van der Waals surface area contributed by atoms with E-state index in [0.29, 0.717) is 25.2 Å². The van der Waals surface area contributed by atoms with Crippen LogP contribution < -0.4 is 4.74 Å². The number of fused-ring (bicyclic) bond motifs is 1. The van der Waals surface area contributed by atoms with Crippen LogP contribution >= 0.6 is 0 Å². The van der Waals surface area contributed by atoms with Gasteiger partial charge in [-0.3, -0.25) is 4.79 Å². The molecule has 3 aromatic rings. The first-order valence-corrected chi connectivity index (χ1v) is 7.99. The predicted molar refractivity (Wildman–Crippen MR) is 90.0 cm³/mol. The van der Waals surface area contributed by atoms with Gasteiger partial charge in [-0.2, -0.15) is 5.26 Å². The van der Waals surface area contributed by atoms with Crippen molar-refractivity contribution >= 4 is 16.8 Å². The van der Waals surface area contributed by atoms with Crippen LogP contribution in [0.25, 0.3) is 10.9 Å². The van der Waals surface area contributed by atoms with Crippen LogP contribution in [0.4, 0.5) is 0 Å². The molecule has 0 aliphatic carbocycles. The van der Waals surface area contributed by atoms with Crippen molar-refractivity contribution in [3.63, 3.8) is 0 Å². The minimum Gasteiger partial charge on any atom is -0.470 e. The maximum absolute atomic E-state index is 12.7. The molecule has 0 saturated carbocycles. The quantitative estimate of drug-likeness (QED) is 0.792. The summed E-state index contributed by atoms with van der Waals surface area (Å²) in [5.41, 5.74) is 1.66. The number of para-hydroxylation sites is 1. The van der Waals surface area contributed by atoms with E-state index in [4.69, 9.17) is 10.00 Å². The first-order valence-electron chi connectivity index (χ1n) is 7.99. The number of hydrogen-bond acceptors (Lipinski definition) is 5. The molecule has 0 spiro atoms. The summed E-state index contributed by atoms with van der Waals surface area (Å²) < 4.78 is 5.77. The molecule has 1 amide bonds. The average Bonchev–Trinajstić information content (AvgIpc) is 3.28. The molecule has 3 heterocycles. The van der Waals surface area contributed by atoms with Gasteiger partial charge in [0.2, 0.25) is 5.69 Å². The highest BCUT2D eigenvalue weighted by Crippen LogP contribution is 2.21. The highest BCUT2D eigenvalue weighted by molar-refractivity contribution is 5.98. The lowest BCUT2D eigenvalue weighted by Crippen LogP contribution is -2.31. The minimum atomic E-state index is -0.197. The number of carbonyl (C=O) groups is 1. The van der Waals surface area contributed by atoms with Crippen LogP contribution in [-0.2, 0) is 0 Å². The Morgan fingerprint density at radius 3 is 3.00 bits per heavy atom. The molecule has 1 unspecified atom stereocenters. The van der Waals surface area contributed by atoms with Gasteiger partial charge in [-0.05, 0) is 12.1 Å². The molecule has 1 aliphatic heterocycles. The Morgan fingerprint density at radius 2 is 2.16 bits per heavy atom. The maximum atomic E-state index is 12.7. The van der Waals surface area contributed by atoms with Gasteiger partial charge in [-0.25, -0.2) is 9.97 Å². The molecular formula is C18H15N5O2. The van der Waals surface area contributed by atoms with E-state index in [1.807, 2.05) is 36.4 Å². The van der Waals surface area contributed by atoms with Gasteiger partial charge in [0.15, 0.2) is 0 Å². The number of rotatable bonds is 3. The fraction of sp³-hybridized carbons (Fsp3) is 0.222. The summed E-state index contributed by atoms with van der Waals surface area (Å²) in [5.74, 6) is 0.164. The zero-order valence-corrected chi connectivity index (χ0v) is 13.3. The molecule has 7 nitrogen and oxygen atoms in total. The Kier molecular flexibility index (Phi) is 3.78. The number of aromatic nitrogens is 3. The van der Waals surface area contributed by atoms with Crippen molar-refractivity contribution in [2.75, 3.05) is 13.1 Å². The third-order valence-corrected chi connectivity index (χ3v) is 4.24. The lowest BCUT2D eigenvalue weighted by molar-refractivity contribution is 0.0766. The van der Waals surface area contributed by atoms with Gasteiger partial charge in [0.1, 0.15) is 17.9 Å². The molecule has 7 heteroatoms. The average molecular weight is 333 g/mol. The van der Waals surface area contributed by atoms with Crippen molar-refractivity contribution in [1.29, 1.82) is 5.26 Å². The number of likely N-dealkylation sites (tertiary alicyclic amines) is 1. The van der Waals surface area contributed by atoms with Crippen molar-refractivity contribution in [2.45, 2.75) is 12.5 Å². The predicted octanol–water partition coefficient (Wildman–Crippen LogP) is 2.12. The Hall–Kier alpha value is -3.40. The second-order valence-corrected chi connectivity index (χ2v) is 5.87. The van der Waals surface area contributed by atoms with Crippen molar-refractivity contribution in [3.05, 3.63) is 54.1 Å². The highest BCUT2D eigenvalue weighted by atomic mass is 16.5. The van der Waals surface area contributed by atoms with Gasteiger partial charge in [-0.1, -0.05) is 18.2 Å². The smallest absolute Gasteiger partial charge is 0.270 e. The van der Waals surface area contributed by atoms with Crippen molar-refractivity contribution in [1.82, 2.24) is 19.9 Å². The van der Waals surface area contributed by atoms with Gasteiger partial charge in [-0.15, -0.1) is 0 Å². The molecule has 1 atom stereocenters. The normalized spacial score (nSPS) is 16.8. The second-order valence-electron chi connectivity index (χ2n) is 5.87. The molecule has 4 rings (SSSR count). The van der Waals surface area contributed by atoms with Gasteiger partial charge >= 0.3 is 0 Å². The summed E-state index contributed by atoms with van der Waals surface area (Å²) >= 11 is 0. The van der Waals surface area contributed by atoms with E-state index in [0.717, 1.165) is 10.9 Å². The number of amides is 1. The van der Waals surface area contributed by atoms with Crippen LogP contribution in [0.3, 0.4) is 0 Å². The molecule has 1 N–H and O–H groups in total. The number of aromatic amines is 1. The van der Waals surface area contributed by atoms with Crippen molar-refractivity contribution < 1.29 is 9.53 Å². The summed E-state index contributed by atoms with van der Waals surface area (Å²) in [5, 5.41) is 10.1. The summed E-state index contributed by atoms with van der Waals surface area (Å²) in [6, 6.07) is 11.6. The largest absolute Gasteiger partial charge is 0.470 e. The Labute approximate surface area is 143 Å². The first-order chi connectivity index (χ1) is 12.2. The van der Waals surface area contributed by atoms with E-state index in [1.54, 1.807) is 4.90 Å². The number of nitriles is 1. The molecule has 124 valence electrons. The Bertz CT molecular complexity index is 942. The van der Waals surface area contributed by atoms with Gasteiger partial charge < -0.3 is 14.6 Å². The molecule has 25 heavy (non-hydrogen) atoms. The number of ether oxygens (including phenoxy) is 1. The maximum Gasteiger partial charge on any atom is 0.270 e. The van der Waals surface area contributed by atoms with Gasteiger partial charge in [0.25, 0.3) is 11.8 Å². The number of benzene rings is 1.